The highest BCUT2D eigenvalue weighted by atomic mass is 19.1. The number of hydrogen-bond donors (Lipinski definition) is 0. The Kier molecular flexibility index (Phi) is 3.30. The average Bonchev–Trinajstić information content (AvgIpc) is 2.64. The van der Waals surface area contributed by atoms with Crippen molar-refractivity contribution in [1.82, 2.24) is 15.0 Å². The third kappa shape index (κ3) is 2.75. The van der Waals surface area contributed by atoms with Gasteiger partial charge in [0.1, 0.15) is 0 Å². The summed E-state index contributed by atoms with van der Waals surface area (Å²) in [5.41, 5.74) is 0. The van der Waals surface area contributed by atoms with Crippen molar-refractivity contribution >= 4 is 0 Å². The molecule has 1 aliphatic heterocycles. The van der Waals surface area contributed by atoms with Gasteiger partial charge in [-0.15, -0.1) is 0 Å². The highest BCUT2D eigenvalue weighted by Crippen LogP contribution is 2.18. The lowest BCUT2D eigenvalue weighted by molar-refractivity contribution is 0.134. The van der Waals surface area contributed by atoms with Crippen LogP contribution in [0.5, 0.6) is 0 Å². The van der Waals surface area contributed by atoms with Crippen LogP contribution in [0.4, 0.5) is 4.39 Å². The van der Waals surface area contributed by atoms with Crippen LogP contribution in [0.1, 0.15) is 24.6 Å². The molecule has 84 valence electrons. The van der Waals surface area contributed by atoms with Crippen molar-refractivity contribution in [3.05, 3.63) is 11.7 Å². The minimum Gasteiger partial charge on any atom is -0.338 e. The number of rotatable bonds is 3. The van der Waals surface area contributed by atoms with Gasteiger partial charge in [-0.2, -0.15) is 4.98 Å². The SMILES string of the molecule is Cc1noc(CN2CCCC(CF)C2)n1. The Morgan fingerprint density at radius 1 is 1.60 bits per heavy atom. The number of alkyl halides is 1. The Morgan fingerprint density at radius 2 is 2.47 bits per heavy atom. The zero-order chi connectivity index (χ0) is 10.7. The molecule has 1 saturated heterocycles. The summed E-state index contributed by atoms with van der Waals surface area (Å²) in [5, 5.41) is 3.73. The summed E-state index contributed by atoms with van der Waals surface area (Å²) in [7, 11) is 0. The van der Waals surface area contributed by atoms with Gasteiger partial charge >= 0.3 is 0 Å². The van der Waals surface area contributed by atoms with Crippen LogP contribution in [0.25, 0.3) is 0 Å². The lowest BCUT2D eigenvalue weighted by Crippen LogP contribution is -2.35. The molecule has 1 atom stereocenters. The van der Waals surface area contributed by atoms with Gasteiger partial charge in [0, 0.05) is 12.5 Å². The molecule has 0 bridgehead atoms. The lowest BCUT2D eigenvalue weighted by atomic mass is 10.00. The van der Waals surface area contributed by atoms with E-state index in [1.807, 2.05) is 0 Å². The molecule has 0 radical (unpaired) electrons. The molecule has 1 unspecified atom stereocenters. The molecule has 4 nitrogen and oxygen atoms in total. The maximum atomic E-state index is 12.5. The molecule has 1 fully saturated rings. The Balaban J connectivity index is 1.88. The van der Waals surface area contributed by atoms with E-state index in [0.717, 1.165) is 25.9 Å². The fourth-order valence-electron chi connectivity index (χ4n) is 2.02. The highest BCUT2D eigenvalue weighted by Gasteiger charge is 2.21. The number of halogens is 1. The summed E-state index contributed by atoms with van der Waals surface area (Å²) < 4.78 is 17.6. The summed E-state index contributed by atoms with van der Waals surface area (Å²) in [6.45, 7) is 4.03. The molecule has 1 aromatic heterocycles. The summed E-state index contributed by atoms with van der Waals surface area (Å²) >= 11 is 0. The van der Waals surface area contributed by atoms with Crippen molar-refractivity contribution in [1.29, 1.82) is 0 Å². The summed E-state index contributed by atoms with van der Waals surface area (Å²) in [5.74, 6) is 1.47. The third-order valence-corrected chi connectivity index (χ3v) is 2.75. The fourth-order valence-corrected chi connectivity index (χ4v) is 2.02. The van der Waals surface area contributed by atoms with Gasteiger partial charge in [0.05, 0.1) is 13.2 Å². The molecule has 5 heteroatoms. The molecule has 2 rings (SSSR count). The van der Waals surface area contributed by atoms with Crippen LogP contribution in [-0.4, -0.2) is 34.8 Å². The van der Waals surface area contributed by atoms with Crippen molar-refractivity contribution in [3.8, 4) is 0 Å². The number of nitrogens with zero attached hydrogens (tertiary/aromatic N) is 3. The molecular weight excluding hydrogens is 197 g/mol. The lowest BCUT2D eigenvalue weighted by Gasteiger charge is -2.29. The van der Waals surface area contributed by atoms with Crippen molar-refractivity contribution in [2.45, 2.75) is 26.3 Å². The first kappa shape index (κ1) is 10.5. The maximum Gasteiger partial charge on any atom is 0.240 e. The monoisotopic (exact) mass is 213 g/mol. The third-order valence-electron chi connectivity index (χ3n) is 2.75. The van der Waals surface area contributed by atoms with Gasteiger partial charge in [-0.1, -0.05) is 5.16 Å². The minimum absolute atomic E-state index is 0.183. The largest absolute Gasteiger partial charge is 0.338 e. The first-order valence-corrected chi connectivity index (χ1v) is 5.35. The summed E-state index contributed by atoms with van der Waals surface area (Å²) in [6, 6.07) is 0. The number of hydrogen-bond acceptors (Lipinski definition) is 4. The van der Waals surface area contributed by atoms with E-state index >= 15 is 0 Å². The molecular formula is C10H16FN3O. The van der Waals surface area contributed by atoms with E-state index in [1.165, 1.54) is 0 Å². The van der Waals surface area contributed by atoms with E-state index in [2.05, 4.69) is 15.0 Å². The van der Waals surface area contributed by atoms with Gasteiger partial charge in [0.15, 0.2) is 5.82 Å². The zero-order valence-electron chi connectivity index (χ0n) is 8.95. The smallest absolute Gasteiger partial charge is 0.240 e. The van der Waals surface area contributed by atoms with E-state index in [9.17, 15) is 4.39 Å². The predicted octanol–water partition coefficient (Wildman–Crippen LogP) is 1.56. The Labute approximate surface area is 88.5 Å². The first-order chi connectivity index (χ1) is 7.28. The molecule has 2 heterocycles. The van der Waals surface area contributed by atoms with Crippen molar-refractivity contribution in [3.63, 3.8) is 0 Å². The molecule has 1 aromatic rings. The molecule has 0 N–H and O–H groups in total. The van der Waals surface area contributed by atoms with Crippen LogP contribution < -0.4 is 0 Å². The number of piperidine rings is 1. The highest BCUT2D eigenvalue weighted by molar-refractivity contribution is 4.84. The maximum absolute atomic E-state index is 12.5. The van der Waals surface area contributed by atoms with E-state index in [4.69, 9.17) is 4.52 Å². The summed E-state index contributed by atoms with van der Waals surface area (Å²) in [4.78, 5) is 6.32. The molecule has 0 saturated carbocycles. The van der Waals surface area contributed by atoms with Gasteiger partial charge in [-0.05, 0) is 26.3 Å². The fraction of sp³-hybridized carbons (Fsp3) is 0.800. The molecule has 1 aliphatic rings. The number of aromatic nitrogens is 2. The summed E-state index contributed by atoms with van der Waals surface area (Å²) in [6.07, 6.45) is 2.05. The van der Waals surface area contributed by atoms with Gasteiger partial charge in [0.2, 0.25) is 5.89 Å². The standard InChI is InChI=1S/C10H16FN3O/c1-8-12-10(15-13-8)7-14-4-2-3-9(5-11)6-14/h9H,2-7H2,1H3. The van der Waals surface area contributed by atoms with Gasteiger partial charge in [-0.25, -0.2) is 0 Å². The molecule has 15 heavy (non-hydrogen) atoms. The van der Waals surface area contributed by atoms with E-state index < -0.39 is 0 Å². The van der Waals surface area contributed by atoms with Gasteiger partial charge in [-0.3, -0.25) is 9.29 Å². The predicted molar refractivity (Wildman–Crippen MR) is 53.0 cm³/mol. The van der Waals surface area contributed by atoms with Gasteiger partial charge < -0.3 is 4.52 Å². The van der Waals surface area contributed by atoms with Gasteiger partial charge in [0.25, 0.3) is 0 Å². The topological polar surface area (TPSA) is 42.2 Å². The second-order valence-corrected chi connectivity index (χ2v) is 4.13. The Bertz CT molecular complexity index is 315. The Hall–Kier alpha value is -0.970. The van der Waals surface area contributed by atoms with Crippen LogP contribution in [0.15, 0.2) is 4.52 Å². The van der Waals surface area contributed by atoms with Crippen LogP contribution in [0.3, 0.4) is 0 Å². The molecule has 0 spiro atoms. The first-order valence-electron chi connectivity index (χ1n) is 5.35. The normalized spacial score (nSPS) is 23.2. The van der Waals surface area contributed by atoms with Crippen molar-refractivity contribution in [2.24, 2.45) is 5.92 Å². The van der Waals surface area contributed by atoms with Crippen LogP contribution in [0.2, 0.25) is 0 Å². The molecule has 0 amide bonds. The number of likely N-dealkylation sites (tertiary alicyclic amines) is 1. The van der Waals surface area contributed by atoms with Crippen LogP contribution in [-0.2, 0) is 6.54 Å². The quantitative estimate of drug-likeness (QED) is 0.764. The average molecular weight is 213 g/mol. The second kappa shape index (κ2) is 4.70. The van der Waals surface area contributed by atoms with Crippen LogP contribution >= 0.6 is 0 Å². The molecule has 0 aliphatic carbocycles. The van der Waals surface area contributed by atoms with Crippen LogP contribution in [0, 0.1) is 12.8 Å². The zero-order valence-corrected chi connectivity index (χ0v) is 8.95. The van der Waals surface area contributed by atoms with Crippen molar-refractivity contribution in [2.75, 3.05) is 19.8 Å². The van der Waals surface area contributed by atoms with E-state index in [1.54, 1.807) is 6.92 Å². The Morgan fingerprint density at radius 3 is 3.13 bits per heavy atom. The minimum atomic E-state index is -0.223. The molecule has 0 aromatic carbocycles. The van der Waals surface area contributed by atoms with Crippen molar-refractivity contribution < 1.29 is 8.91 Å². The second-order valence-electron chi connectivity index (χ2n) is 4.13. The van der Waals surface area contributed by atoms with E-state index in [0.29, 0.717) is 18.3 Å². The number of aryl methyl sites for hydroxylation is 1. The van der Waals surface area contributed by atoms with E-state index in [-0.39, 0.29) is 12.6 Å².